The van der Waals surface area contributed by atoms with Gasteiger partial charge in [0.1, 0.15) is 6.04 Å². The van der Waals surface area contributed by atoms with Crippen molar-refractivity contribution in [1.82, 2.24) is 9.80 Å². The van der Waals surface area contributed by atoms with Gasteiger partial charge >= 0.3 is 5.97 Å². The summed E-state index contributed by atoms with van der Waals surface area (Å²) in [6.45, 7) is 7.52. The number of likely N-dealkylation sites (N-methyl/N-ethyl adjacent to an activating group) is 2. The largest absolute Gasteiger partial charge is 0.480 e. The Balaban J connectivity index is 2.72. The van der Waals surface area contributed by atoms with E-state index in [-0.39, 0.29) is 6.04 Å². The summed E-state index contributed by atoms with van der Waals surface area (Å²) < 4.78 is 0. The molecule has 0 radical (unpaired) electrons. The van der Waals surface area contributed by atoms with Crippen LogP contribution in [0.3, 0.4) is 0 Å². The molecule has 102 valence electrons. The molecule has 0 saturated heterocycles. The van der Waals surface area contributed by atoms with E-state index in [4.69, 9.17) is 0 Å². The van der Waals surface area contributed by atoms with E-state index in [1.54, 1.807) is 0 Å². The van der Waals surface area contributed by atoms with E-state index in [1.807, 2.05) is 25.8 Å². The fraction of sp³-hybridized carbons (Fsp3) is 0.643. The van der Waals surface area contributed by atoms with Crippen LogP contribution in [0.25, 0.3) is 0 Å². The number of hydrogen-bond acceptors (Lipinski definition) is 3. The Kier molecular flexibility index (Phi) is 5.41. The number of aliphatic carboxylic acids is 1. The zero-order valence-corrected chi connectivity index (χ0v) is 11.8. The number of carboxylic acids is 1. The van der Waals surface area contributed by atoms with Crippen LogP contribution in [0.5, 0.6) is 0 Å². The van der Waals surface area contributed by atoms with Gasteiger partial charge < -0.3 is 10.0 Å². The number of carbonyl (C=O) groups is 1. The maximum atomic E-state index is 11.2. The summed E-state index contributed by atoms with van der Waals surface area (Å²) in [4.78, 5) is 15.3. The molecule has 4 heteroatoms. The smallest absolute Gasteiger partial charge is 0.320 e. The number of rotatable bonds is 6. The molecule has 0 bridgehead atoms. The van der Waals surface area contributed by atoms with E-state index in [0.717, 1.165) is 6.54 Å². The van der Waals surface area contributed by atoms with Crippen LogP contribution in [0.2, 0.25) is 0 Å². The van der Waals surface area contributed by atoms with Crippen LogP contribution in [0.15, 0.2) is 23.9 Å². The predicted octanol–water partition coefficient (Wildman–Crippen LogP) is 1.95. The number of hydrogen-bond donors (Lipinski definition) is 1. The molecule has 0 saturated carbocycles. The van der Waals surface area contributed by atoms with E-state index in [0.29, 0.717) is 19.0 Å². The van der Waals surface area contributed by atoms with Crippen LogP contribution in [0.4, 0.5) is 0 Å². The molecule has 18 heavy (non-hydrogen) atoms. The Hall–Kier alpha value is -1.29. The highest BCUT2D eigenvalue weighted by atomic mass is 16.4. The molecule has 1 heterocycles. The van der Waals surface area contributed by atoms with Crippen molar-refractivity contribution < 1.29 is 9.90 Å². The lowest BCUT2D eigenvalue weighted by molar-refractivity contribution is -0.143. The van der Waals surface area contributed by atoms with Crippen molar-refractivity contribution >= 4 is 5.97 Å². The fourth-order valence-corrected chi connectivity index (χ4v) is 2.20. The number of carboxylic acid groups (broad SMARTS) is 1. The third kappa shape index (κ3) is 3.60. The molecule has 0 aliphatic carbocycles. The van der Waals surface area contributed by atoms with Crippen molar-refractivity contribution in [3.05, 3.63) is 23.9 Å². The van der Waals surface area contributed by atoms with Gasteiger partial charge in [-0.05, 0) is 37.7 Å². The van der Waals surface area contributed by atoms with E-state index in [9.17, 15) is 9.90 Å². The highest BCUT2D eigenvalue weighted by Crippen LogP contribution is 2.15. The lowest BCUT2D eigenvalue weighted by Crippen LogP contribution is -2.42. The number of nitrogens with zero attached hydrogens (tertiary/aromatic N) is 2. The Labute approximate surface area is 110 Å². The molecule has 2 unspecified atom stereocenters. The first-order valence-corrected chi connectivity index (χ1v) is 6.57. The van der Waals surface area contributed by atoms with Gasteiger partial charge in [0.15, 0.2) is 0 Å². The van der Waals surface area contributed by atoms with Crippen molar-refractivity contribution in [3.8, 4) is 0 Å². The summed E-state index contributed by atoms with van der Waals surface area (Å²) in [6.07, 6.45) is 6.94. The topological polar surface area (TPSA) is 43.8 Å². The summed E-state index contributed by atoms with van der Waals surface area (Å²) in [5, 5.41) is 9.21. The standard InChI is InChI=1S/C14H24N2O2/c1-5-13(14(17)18)16(6-2)10-12-7-8-15(4)11(3)9-12/h7-9,11,13H,5-6,10H2,1-4H3,(H,17,18). The fourth-order valence-electron chi connectivity index (χ4n) is 2.20. The van der Waals surface area contributed by atoms with Gasteiger partial charge in [0, 0.05) is 19.6 Å². The van der Waals surface area contributed by atoms with Crippen LogP contribution >= 0.6 is 0 Å². The van der Waals surface area contributed by atoms with E-state index in [1.165, 1.54) is 5.57 Å². The average Bonchev–Trinajstić information content (AvgIpc) is 2.33. The van der Waals surface area contributed by atoms with Gasteiger partial charge in [0.25, 0.3) is 0 Å². The van der Waals surface area contributed by atoms with Gasteiger partial charge in [-0.25, -0.2) is 0 Å². The van der Waals surface area contributed by atoms with Gasteiger partial charge in [-0.3, -0.25) is 9.69 Å². The monoisotopic (exact) mass is 252 g/mol. The van der Waals surface area contributed by atoms with Crippen molar-refractivity contribution in [1.29, 1.82) is 0 Å². The quantitative estimate of drug-likeness (QED) is 0.784. The van der Waals surface area contributed by atoms with E-state index in [2.05, 4.69) is 30.2 Å². The van der Waals surface area contributed by atoms with E-state index < -0.39 is 5.97 Å². The molecule has 1 aliphatic rings. The first-order chi connectivity index (χ1) is 8.49. The summed E-state index contributed by atoms with van der Waals surface area (Å²) >= 11 is 0. The summed E-state index contributed by atoms with van der Waals surface area (Å²) in [5.41, 5.74) is 1.20. The van der Waals surface area contributed by atoms with Gasteiger partial charge in [-0.2, -0.15) is 0 Å². The minimum Gasteiger partial charge on any atom is -0.480 e. The Morgan fingerprint density at radius 2 is 2.22 bits per heavy atom. The molecule has 0 aromatic rings. The SMILES string of the molecule is CCC(C(=O)O)N(CC)CC1=CC(C)N(C)C=C1. The van der Waals surface area contributed by atoms with Crippen molar-refractivity contribution in [2.75, 3.05) is 20.1 Å². The maximum absolute atomic E-state index is 11.2. The molecule has 0 spiro atoms. The molecular formula is C14H24N2O2. The molecule has 1 rings (SSSR count). The molecular weight excluding hydrogens is 228 g/mol. The third-order valence-corrected chi connectivity index (χ3v) is 3.53. The molecule has 1 aliphatic heterocycles. The Morgan fingerprint density at radius 1 is 1.56 bits per heavy atom. The van der Waals surface area contributed by atoms with Gasteiger partial charge in [0.2, 0.25) is 0 Å². The van der Waals surface area contributed by atoms with Crippen molar-refractivity contribution in [3.63, 3.8) is 0 Å². The summed E-state index contributed by atoms with van der Waals surface area (Å²) in [5.74, 6) is -0.732. The second-order valence-corrected chi connectivity index (χ2v) is 4.79. The maximum Gasteiger partial charge on any atom is 0.320 e. The molecule has 0 amide bonds. The average molecular weight is 252 g/mol. The molecule has 0 aromatic heterocycles. The van der Waals surface area contributed by atoms with Gasteiger partial charge in [-0.1, -0.05) is 19.9 Å². The second kappa shape index (κ2) is 6.59. The lowest BCUT2D eigenvalue weighted by atomic mass is 10.1. The van der Waals surface area contributed by atoms with Crippen LogP contribution in [0, 0.1) is 0 Å². The molecule has 1 N–H and O–H groups in total. The van der Waals surface area contributed by atoms with Gasteiger partial charge in [-0.15, -0.1) is 0 Å². The van der Waals surface area contributed by atoms with Gasteiger partial charge in [0.05, 0.1) is 0 Å². The predicted molar refractivity (Wildman–Crippen MR) is 73.4 cm³/mol. The van der Waals surface area contributed by atoms with Crippen LogP contribution in [-0.2, 0) is 4.79 Å². The third-order valence-electron chi connectivity index (χ3n) is 3.53. The summed E-state index contributed by atoms with van der Waals surface area (Å²) in [7, 11) is 2.04. The molecule has 0 fully saturated rings. The normalized spacial score (nSPS) is 21.1. The lowest BCUT2D eigenvalue weighted by Gasteiger charge is -2.30. The Morgan fingerprint density at radius 3 is 2.67 bits per heavy atom. The second-order valence-electron chi connectivity index (χ2n) is 4.79. The molecule has 4 nitrogen and oxygen atoms in total. The van der Waals surface area contributed by atoms with Crippen LogP contribution in [0.1, 0.15) is 27.2 Å². The zero-order valence-electron chi connectivity index (χ0n) is 11.8. The highest BCUT2D eigenvalue weighted by Gasteiger charge is 2.23. The van der Waals surface area contributed by atoms with Crippen molar-refractivity contribution in [2.24, 2.45) is 0 Å². The summed E-state index contributed by atoms with van der Waals surface area (Å²) in [6, 6.07) is -0.0205. The van der Waals surface area contributed by atoms with Crippen LogP contribution in [-0.4, -0.2) is 53.1 Å². The zero-order chi connectivity index (χ0) is 13.7. The Bertz CT molecular complexity index is 350. The molecule has 2 atom stereocenters. The van der Waals surface area contributed by atoms with E-state index >= 15 is 0 Å². The highest BCUT2D eigenvalue weighted by molar-refractivity contribution is 5.73. The van der Waals surface area contributed by atoms with Crippen molar-refractivity contribution in [2.45, 2.75) is 39.3 Å². The minimum atomic E-state index is -0.732. The molecule has 0 aromatic carbocycles. The first kappa shape index (κ1) is 14.8. The minimum absolute atomic E-state index is 0.369. The van der Waals surface area contributed by atoms with Crippen LogP contribution < -0.4 is 0 Å². The first-order valence-electron chi connectivity index (χ1n) is 6.57.